The average molecular weight is 337 g/mol. The molecule has 1 aliphatic rings. The average Bonchev–Trinajstić information content (AvgIpc) is 2.84. The van der Waals surface area contributed by atoms with E-state index in [2.05, 4.69) is 5.32 Å². The summed E-state index contributed by atoms with van der Waals surface area (Å²) >= 11 is 0.895. The van der Waals surface area contributed by atoms with E-state index in [1.54, 1.807) is 18.2 Å². The number of benzene rings is 1. The van der Waals surface area contributed by atoms with Gasteiger partial charge < -0.3 is 14.2 Å². The van der Waals surface area contributed by atoms with Crippen LogP contribution in [0.3, 0.4) is 0 Å². The van der Waals surface area contributed by atoms with Gasteiger partial charge in [0.1, 0.15) is 12.4 Å². The second-order valence-electron chi connectivity index (χ2n) is 4.57. The van der Waals surface area contributed by atoms with Crippen LogP contribution in [0.4, 0.5) is 4.79 Å². The lowest BCUT2D eigenvalue weighted by Crippen LogP contribution is -2.25. The molecule has 23 heavy (non-hydrogen) atoms. The second-order valence-corrected chi connectivity index (χ2v) is 5.59. The Hall–Kier alpha value is -1.83. The number of nitrogens with one attached hydrogen (secondary N) is 1. The first-order chi connectivity index (χ1) is 11.1. The molecule has 1 aromatic carbocycles. The highest BCUT2D eigenvalue weighted by molar-refractivity contribution is 8.18. The summed E-state index contributed by atoms with van der Waals surface area (Å²) in [6, 6.07) is 7.21. The van der Waals surface area contributed by atoms with Crippen molar-refractivity contribution in [2.45, 2.75) is 20.1 Å². The number of thioether (sulfide) groups is 1. The van der Waals surface area contributed by atoms with E-state index in [1.165, 1.54) is 0 Å². The van der Waals surface area contributed by atoms with Gasteiger partial charge in [-0.25, -0.2) is 0 Å². The third-order valence-electron chi connectivity index (χ3n) is 2.91. The zero-order chi connectivity index (χ0) is 16.7. The number of rotatable bonds is 8. The maximum atomic E-state index is 11.5. The maximum Gasteiger partial charge on any atom is 0.290 e. The van der Waals surface area contributed by atoms with Crippen molar-refractivity contribution in [1.29, 1.82) is 0 Å². The zero-order valence-corrected chi connectivity index (χ0v) is 13.9. The van der Waals surface area contributed by atoms with Crippen molar-refractivity contribution in [3.8, 4) is 5.75 Å². The minimum absolute atomic E-state index is 0.300. The van der Waals surface area contributed by atoms with Crippen LogP contribution in [-0.2, 0) is 14.3 Å². The van der Waals surface area contributed by atoms with Crippen LogP contribution in [0, 0.1) is 0 Å². The van der Waals surface area contributed by atoms with E-state index in [1.807, 2.05) is 26.0 Å². The minimum Gasteiger partial charge on any atom is -0.488 e. The van der Waals surface area contributed by atoms with Gasteiger partial charge in [-0.2, -0.15) is 0 Å². The highest BCUT2D eigenvalue weighted by atomic mass is 32.2. The third kappa shape index (κ3) is 5.38. The lowest BCUT2D eigenvalue weighted by molar-refractivity contribution is -0.152. The van der Waals surface area contributed by atoms with Gasteiger partial charge in [0, 0.05) is 13.2 Å². The van der Waals surface area contributed by atoms with E-state index in [9.17, 15) is 9.59 Å². The summed E-state index contributed by atoms with van der Waals surface area (Å²) in [5.74, 6) is 0.313. The number of carbonyl (C=O) groups excluding carboxylic acids is 2. The molecule has 0 spiro atoms. The molecule has 0 atom stereocenters. The third-order valence-corrected chi connectivity index (χ3v) is 3.72. The number of ether oxygens (including phenoxy) is 3. The molecule has 2 amide bonds. The summed E-state index contributed by atoms with van der Waals surface area (Å²) < 4.78 is 16.4. The molecule has 1 aromatic rings. The number of hydrogen-bond donors (Lipinski definition) is 1. The molecule has 1 N–H and O–H groups in total. The lowest BCUT2D eigenvalue weighted by Gasteiger charge is -2.17. The van der Waals surface area contributed by atoms with Crippen molar-refractivity contribution in [3.05, 3.63) is 34.7 Å². The Balaban J connectivity index is 1.93. The molecule has 0 radical (unpaired) electrons. The van der Waals surface area contributed by atoms with Crippen molar-refractivity contribution in [3.63, 3.8) is 0 Å². The first-order valence-electron chi connectivity index (χ1n) is 7.33. The second kappa shape index (κ2) is 8.71. The molecule has 6 nitrogen and oxygen atoms in total. The van der Waals surface area contributed by atoms with E-state index in [0.717, 1.165) is 17.3 Å². The van der Waals surface area contributed by atoms with Crippen molar-refractivity contribution < 1.29 is 23.8 Å². The van der Waals surface area contributed by atoms with Gasteiger partial charge in [-0.3, -0.25) is 14.9 Å². The topological polar surface area (TPSA) is 73.9 Å². The van der Waals surface area contributed by atoms with Gasteiger partial charge in [0.2, 0.25) is 0 Å². The van der Waals surface area contributed by atoms with Gasteiger partial charge in [0.05, 0.1) is 4.91 Å². The Labute approximate surface area is 139 Å². The molecule has 0 bridgehead atoms. The molecule has 1 fully saturated rings. The Morgan fingerprint density at radius 1 is 1.13 bits per heavy atom. The van der Waals surface area contributed by atoms with Crippen molar-refractivity contribution >= 4 is 29.0 Å². The predicted molar refractivity (Wildman–Crippen MR) is 88.1 cm³/mol. The number of imide groups is 1. The number of amides is 2. The Bertz CT molecular complexity index is 579. The minimum atomic E-state index is -0.392. The van der Waals surface area contributed by atoms with Crippen molar-refractivity contribution in [2.75, 3.05) is 19.8 Å². The van der Waals surface area contributed by atoms with Crippen LogP contribution in [0.15, 0.2) is 29.2 Å². The molecule has 0 saturated carbocycles. The summed E-state index contributed by atoms with van der Waals surface area (Å²) in [5.41, 5.74) is 0.816. The number of carbonyl (C=O) groups is 2. The van der Waals surface area contributed by atoms with Gasteiger partial charge >= 0.3 is 0 Å². The summed E-state index contributed by atoms with van der Waals surface area (Å²) in [4.78, 5) is 23.0. The van der Waals surface area contributed by atoms with Crippen molar-refractivity contribution in [1.82, 2.24) is 5.32 Å². The molecule has 2 rings (SSSR count). The number of hydrogen-bond acceptors (Lipinski definition) is 6. The Morgan fingerprint density at radius 2 is 1.78 bits per heavy atom. The predicted octanol–water partition coefficient (Wildman–Crippen LogP) is 2.79. The van der Waals surface area contributed by atoms with Crippen LogP contribution in [0.2, 0.25) is 0 Å². The first-order valence-corrected chi connectivity index (χ1v) is 8.15. The Kier molecular flexibility index (Phi) is 6.64. The van der Waals surface area contributed by atoms with E-state index < -0.39 is 6.29 Å². The van der Waals surface area contributed by atoms with Gasteiger partial charge in [-0.15, -0.1) is 0 Å². The molecular formula is C16H19NO5S. The summed E-state index contributed by atoms with van der Waals surface area (Å²) in [6.07, 6.45) is 1.27. The van der Waals surface area contributed by atoms with Gasteiger partial charge in [-0.05, 0) is 49.4 Å². The van der Waals surface area contributed by atoms with Crippen LogP contribution in [0.5, 0.6) is 5.75 Å². The molecule has 1 saturated heterocycles. The molecule has 0 aliphatic carbocycles. The lowest BCUT2D eigenvalue weighted by atomic mass is 10.2. The quantitative estimate of drug-likeness (QED) is 0.581. The molecule has 0 unspecified atom stereocenters. The Morgan fingerprint density at radius 3 is 2.30 bits per heavy atom. The largest absolute Gasteiger partial charge is 0.488 e. The SMILES string of the molecule is CCOC(COc1ccc(C=C2SC(=O)NC2=O)cc1)OCC. The summed E-state index contributed by atoms with van der Waals surface area (Å²) in [5, 5.41) is 1.87. The molecule has 7 heteroatoms. The molecule has 124 valence electrons. The summed E-state index contributed by atoms with van der Waals surface area (Å²) in [6.45, 7) is 5.21. The van der Waals surface area contributed by atoms with Crippen LogP contribution in [-0.4, -0.2) is 37.3 Å². The van der Waals surface area contributed by atoms with Gasteiger partial charge in [0.15, 0.2) is 6.29 Å². The first kappa shape index (κ1) is 17.5. The van der Waals surface area contributed by atoms with Crippen molar-refractivity contribution in [2.24, 2.45) is 0 Å². The molecule has 1 aliphatic heterocycles. The molecule has 0 aromatic heterocycles. The van der Waals surface area contributed by atoms with Crippen LogP contribution in [0.25, 0.3) is 6.08 Å². The fraction of sp³-hybridized carbons (Fsp3) is 0.375. The highest BCUT2D eigenvalue weighted by Crippen LogP contribution is 2.26. The van der Waals surface area contributed by atoms with E-state index in [0.29, 0.717) is 30.5 Å². The van der Waals surface area contributed by atoms with Crippen LogP contribution < -0.4 is 10.1 Å². The van der Waals surface area contributed by atoms with E-state index in [-0.39, 0.29) is 11.1 Å². The molecular weight excluding hydrogens is 318 g/mol. The van der Waals surface area contributed by atoms with Gasteiger partial charge in [0.25, 0.3) is 11.1 Å². The monoisotopic (exact) mass is 337 g/mol. The highest BCUT2D eigenvalue weighted by Gasteiger charge is 2.24. The summed E-state index contributed by atoms with van der Waals surface area (Å²) in [7, 11) is 0. The van der Waals surface area contributed by atoms with E-state index >= 15 is 0 Å². The zero-order valence-electron chi connectivity index (χ0n) is 13.0. The standard InChI is InChI=1S/C16H19NO5S/c1-3-20-14(21-4-2)10-22-12-7-5-11(6-8-12)9-13-15(18)17-16(19)23-13/h5-9,14H,3-4,10H2,1-2H3,(H,17,18,19). The normalized spacial score (nSPS) is 16.2. The fourth-order valence-electron chi connectivity index (χ4n) is 1.91. The fourth-order valence-corrected chi connectivity index (χ4v) is 2.60. The van der Waals surface area contributed by atoms with E-state index in [4.69, 9.17) is 14.2 Å². The maximum absolute atomic E-state index is 11.5. The van der Waals surface area contributed by atoms with Gasteiger partial charge in [-0.1, -0.05) is 12.1 Å². The smallest absolute Gasteiger partial charge is 0.290 e. The van der Waals surface area contributed by atoms with Crippen LogP contribution >= 0.6 is 11.8 Å². The van der Waals surface area contributed by atoms with Crippen LogP contribution in [0.1, 0.15) is 19.4 Å². The molecule has 1 heterocycles.